The predicted molar refractivity (Wildman–Crippen MR) is 85.4 cm³/mol. The molecule has 0 aromatic heterocycles. The fourth-order valence-electron chi connectivity index (χ4n) is 1.75. The Morgan fingerprint density at radius 1 is 1.05 bits per heavy atom. The third kappa shape index (κ3) is 3.67. The number of carbonyl (C=O) groups is 1. The van der Waals surface area contributed by atoms with Crippen LogP contribution in [0.25, 0.3) is 0 Å². The van der Waals surface area contributed by atoms with Gasteiger partial charge < -0.3 is 5.32 Å². The van der Waals surface area contributed by atoms with Crippen LogP contribution in [-0.2, 0) is 11.2 Å². The lowest BCUT2D eigenvalue weighted by molar-refractivity contribution is -0.115. The number of hydrogen-bond acceptors (Lipinski definition) is 1. The van der Waals surface area contributed by atoms with Crippen molar-refractivity contribution in [3.8, 4) is 0 Å². The summed E-state index contributed by atoms with van der Waals surface area (Å²) in [6.07, 6.45) is 0.355. The molecule has 0 aliphatic heterocycles. The van der Waals surface area contributed by atoms with E-state index in [1.54, 1.807) is 0 Å². The summed E-state index contributed by atoms with van der Waals surface area (Å²) in [6, 6.07) is 13.5. The second-order valence-corrected chi connectivity index (χ2v) is 5.94. The van der Waals surface area contributed by atoms with Crippen molar-refractivity contribution in [3.05, 3.63) is 62.5 Å². The lowest BCUT2D eigenvalue weighted by atomic mass is 10.1. The molecule has 1 amide bonds. The highest BCUT2D eigenvalue weighted by Crippen LogP contribution is 2.24. The highest BCUT2D eigenvalue weighted by Gasteiger charge is 2.09. The molecule has 1 N–H and O–H groups in total. The highest BCUT2D eigenvalue weighted by atomic mass is 79.9. The van der Waals surface area contributed by atoms with Gasteiger partial charge in [0, 0.05) is 14.6 Å². The van der Waals surface area contributed by atoms with Crippen LogP contribution in [0.3, 0.4) is 0 Å². The predicted octanol–water partition coefficient (Wildman–Crippen LogP) is 4.70. The zero-order valence-corrected chi connectivity index (χ0v) is 13.6. The van der Waals surface area contributed by atoms with Crippen molar-refractivity contribution < 1.29 is 4.79 Å². The summed E-state index contributed by atoms with van der Waals surface area (Å²) in [6.45, 7) is 1.97. The van der Waals surface area contributed by atoms with Gasteiger partial charge in [0.15, 0.2) is 0 Å². The van der Waals surface area contributed by atoms with Gasteiger partial charge in [0.2, 0.25) is 5.91 Å². The second-order valence-electron chi connectivity index (χ2n) is 4.23. The molecule has 2 rings (SSSR count). The van der Waals surface area contributed by atoms with Gasteiger partial charge in [-0.1, -0.05) is 56.1 Å². The number of rotatable bonds is 3. The first kappa shape index (κ1) is 14.3. The van der Waals surface area contributed by atoms with E-state index in [1.165, 1.54) is 0 Å². The van der Waals surface area contributed by atoms with Crippen LogP contribution >= 0.6 is 31.9 Å². The number of carbonyl (C=O) groups excluding carboxylic acids is 1. The maximum absolute atomic E-state index is 12.1. The molecule has 98 valence electrons. The summed E-state index contributed by atoms with van der Waals surface area (Å²) >= 11 is 6.90. The number of hydrogen-bond donors (Lipinski definition) is 1. The monoisotopic (exact) mass is 381 g/mol. The SMILES string of the molecule is Cc1c(Br)cccc1NC(=O)Cc1ccccc1Br. The van der Waals surface area contributed by atoms with Gasteiger partial charge in [-0.15, -0.1) is 0 Å². The summed E-state index contributed by atoms with van der Waals surface area (Å²) in [5.74, 6) is -0.0203. The molecular weight excluding hydrogens is 370 g/mol. The smallest absolute Gasteiger partial charge is 0.228 e. The molecule has 0 saturated carbocycles. The third-order valence-corrected chi connectivity index (χ3v) is 4.48. The zero-order chi connectivity index (χ0) is 13.8. The molecule has 0 atom stereocenters. The van der Waals surface area contributed by atoms with Crippen LogP contribution in [0.1, 0.15) is 11.1 Å². The van der Waals surface area contributed by atoms with E-state index in [2.05, 4.69) is 37.2 Å². The summed E-state index contributed by atoms with van der Waals surface area (Å²) < 4.78 is 1.95. The zero-order valence-electron chi connectivity index (χ0n) is 10.4. The summed E-state index contributed by atoms with van der Waals surface area (Å²) in [5.41, 5.74) is 2.85. The van der Waals surface area contributed by atoms with E-state index in [9.17, 15) is 4.79 Å². The van der Waals surface area contributed by atoms with E-state index in [4.69, 9.17) is 0 Å². The fourth-order valence-corrected chi connectivity index (χ4v) is 2.54. The average Bonchev–Trinajstić information content (AvgIpc) is 2.38. The number of halogens is 2. The van der Waals surface area contributed by atoms with Crippen LogP contribution in [0.2, 0.25) is 0 Å². The van der Waals surface area contributed by atoms with Crippen molar-refractivity contribution in [1.29, 1.82) is 0 Å². The Balaban J connectivity index is 2.10. The molecule has 0 radical (unpaired) electrons. The van der Waals surface area contributed by atoms with Crippen molar-refractivity contribution in [3.63, 3.8) is 0 Å². The Morgan fingerprint density at radius 3 is 2.47 bits per heavy atom. The molecule has 0 aliphatic carbocycles. The number of nitrogens with one attached hydrogen (secondary N) is 1. The molecule has 0 saturated heterocycles. The first-order valence-electron chi connectivity index (χ1n) is 5.86. The topological polar surface area (TPSA) is 29.1 Å². The fraction of sp³-hybridized carbons (Fsp3) is 0.133. The van der Waals surface area contributed by atoms with Crippen LogP contribution in [0.4, 0.5) is 5.69 Å². The van der Waals surface area contributed by atoms with Gasteiger partial charge in [-0.05, 0) is 36.2 Å². The summed E-state index contributed by atoms with van der Waals surface area (Å²) in [5, 5.41) is 2.94. The van der Waals surface area contributed by atoms with E-state index in [0.29, 0.717) is 6.42 Å². The van der Waals surface area contributed by atoms with E-state index < -0.39 is 0 Å². The van der Waals surface area contributed by atoms with Crippen LogP contribution in [0.5, 0.6) is 0 Å². The van der Waals surface area contributed by atoms with Crippen molar-refractivity contribution in [1.82, 2.24) is 0 Å². The molecule has 0 spiro atoms. The molecule has 2 aromatic carbocycles. The minimum atomic E-state index is -0.0203. The second kappa shape index (κ2) is 6.35. The van der Waals surface area contributed by atoms with Gasteiger partial charge in [0.05, 0.1) is 6.42 Å². The minimum absolute atomic E-state index is 0.0203. The molecular formula is C15H13Br2NO. The molecule has 0 unspecified atom stereocenters. The van der Waals surface area contributed by atoms with Crippen molar-refractivity contribution in [2.24, 2.45) is 0 Å². The number of anilines is 1. The van der Waals surface area contributed by atoms with Gasteiger partial charge >= 0.3 is 0 Å². The lowest BCUT2D eigenvalue weighted by Crippen LogP contribution is -2.15. The molecule has 0 aliphatic rings. The van der Waals surface area contributed by atoms with Crippen LogP contribution < -0.4 is 5.32 Å². The first-order chi connectivity index (χ1) is 9.08. The van der Waals surface area contributed by atoms with Crippen LogP contribution in [0.15, 0.2) is 51.4 Å². The molecule has 2 aromatic rings. The Morgan fingerprint density at radius 2 is 1.74 bits per heavy atom. The molecule has 19 heavy (non-hydrogen) atoms. The molecule has 2 nitrogen and oxygen atoms in total. The van der Waals surface area contributed by atoms with Gasteiger partial charge in [-0.2, -0.15) is 0 Å². The standard InChI is InChI=1S/C15H13Br2NO/c1-10-12(16)7-4-8-14(10)18-15(19)9-11-5-2-3-6-13(11)17/h2-8H,9H2,1H3,(H,18,19). The maximum atomic E-state index is 12.1. The first-order valence-corrected chi connectivity index (χ1v) is 7.45. The van der Waals surface area contributed by atoms with Gasteiger partial charge in [-0.25, -0.2) is 0 Å². The largest absolute Gasteiger partial charge is 0.326 e. The van der Waals surface area contributed by atoms with E-state index in [1.807, 2.05) is 49.4 Å². The normalized spacial score (nSPS) is 10.3. The van der Waals surface area contributed by atoms with E-state index in [-0.39, 0.29) is 5.91 Å². The van der Waals surface area contributed by atoms with Crippen molar-refractivity contribution in [2.75, 3.05) is 5.32 Å². The Labute approximate surface area is 129 Å². The van der Waals surface area contributed by atoms with Crippen molar-refractivity contribution in [2.45, 2.75) is 13.3 Å². The molecule has 0 heterocycles. The quantitative estimate of drug-likeness (QED) is 0.818. The Kier molecular flexibility index (Phi) is 4.77. The summed E-state index contributed by atoms with van der Waals surface area (Å²) in [4.78, 5) is 12.1. The molecule has 0 bridgehead atoms. The molecule has 4 heteroatoms. The average molecular weight is 383 g/mol. The van der Waals surface area contributed by atoms with Crippen LogP contribution in [0, 0.1) is 6.92 Å². The Hall–Kier alpha value is -1.13. The van der Waals surface area contributed by atoms with Gasteiger partial charge in [0.25, 0.3) is 0 Å². The third-order valence-electron chi connectivity index (χ3n) is 2.85. The van der Waals surface area contributed by atoms with E-state index >= 15 is 0 Å². The number of benzene rings is 2. The molecule has 0 fully saturated rings. The van der Waals surface area contributed by atoms with Crippen LogP contribution in [-0.4, -0.2) is 5.91 Å². The summed E-state index contributed by atoms with van der Waals surface area (Å²) in [7, 11) is 0. The van der Waals surface area contributed by atoms with Crippen molar-refractivity contribution >= 4 is 43.5 Å². The Bertz CT molecular complexity index is 611. The lowest BCUT2D eigenvalue weighted by Gasteiger charge is -2.10. The highest BCUT2D eigenvalue weighted by molar-refractivity contribution is 9.10. The van der Waals surface area contributed by atoms with Gasteiger partial charge in [0.1, 0.15) is 0 Å². The van der Waals surface area contributed by atoms with E-state index in [0.717, 1.165) is 25.8 Å². The van der Waals surface area contributed by atoms with Gasteiger partial charge in [-0.3, -0.25) is 4.79 Å². The maximum Gasteiger partial charge on any atom is 0.228 e. The minimum Gasteiger partial charge on any atom is -0.326 e. The number of amides is 1.